The number of hydrogen-bond acceptors (Lipinski definition) is 5. The van der Waals surface area contributed by atoms with Gasteiger partial charge in [0.15, 0.2) is 0 Å². The number of nitrogens with zero attached hydrogens (tertiary/aromatic N) is 2. The van der Waals surface area contributed by atoms with Crippen molar-refractivity contribution in [2.45, 2.75) is 19.0 Å². The molecule has 1 aromatic carbocycles. The van der Waals surface area contributed by atoms with Crippen LogP contribution in [0.25, 0.3) is 6.08 Å². The summed E-state index contributed by atoms with van der Waals surface area (Å²) in [6, 6.07) is 7.58. The van der Waals surface area contributed by atoms with Crippen molar-refractivity contribution >= 4 is 18.3 Å². The highest BCUT2D eigenvalue weighted by Gasteiger charge is 2.27. The first-order valence-electron chi connectivity index (χ1n) is 7.94. The van der Waals surface area contributed by atoms with Gasteiger partial charge in [-0.25, -0.2) is 4.79 Å². The van der Waals surface area contributed by atoms with Gasteiger partial charge >= 0.3 is 5.97 Å². The average molecular weight is 328 g/mol. The molecule has 1 aliphatic heterocycles. The van der Waals surface area contributed by atoms with Gasteiger partial charge in [0.2, 0.25) is 0 Å². The predicted octanol–water partition coefficient (Wildman–Crippen LogP) is 2.93. The lowest BCUT2D eigenvalue weighted by Gasteiger charge is -2.35. The van der Waals surface area contributed by atoms with E-state index >= 15 is 0 Å². The minimum Gasteiger partial charge on any atom is -0.492 e. The molecule has 128 valence electrons. The Labute approximate surface area is 143 Å². The third kappa shape index (κ3) is 5.06. The van der Waals surface area contributed by atoms with Crippen molar-refractivity contribution in [1.29, 1.82) is 0 Å². The Hall–Kier alpha value is -2.40. The van der Waals surface area contributed by atoms with Gasteiger partial charge in [0.25, 0.3) is 0 Å². The monoisotopic (exact) mass is 328 g/mol. The van der Waals surface area contributed by atoms with E-state index in [1.807, 2.05) is 36.6 Å². The molecule has 0 N–H and O–H groups in total. The summed E-state index contributed by atoms with van der Waals surface area (Å²) < 4.78 is 10.3. The van der Waals surface area contributed by atoms with Crippen LogP contribution in [-0.2, 0) is 9.53 Å². The molecule has 0 spiro atoms. The van der Waals surface area contributed by atoms with Gasteiger partial charge in [-0.1, -0.05) is 18.2 Å². The summed E-state index contributed by atoms with van der Waals surface area (Å²) >= 11 is 0. The minimum atomic E-state index is -0.368. The van der Waals surface area contributed by atoms with Gasteiger partial charge in [-0.2, -0.15) is 0 Å². The molecule has 5 heteroatoms. The van der Waals surface area contributed by atoms with Gasteiger partial charge in [-0.3, -0.25) is 9.89 Å². The fourth-order valence-electron chi connectivity index (χ4n) is 2.31. The maximum Gasteiger partial charge on any atom is 0.330 e. The molecule has 1 aromatic rings. The zero-order valence-electron chi connectivity index (χ0n) is 14.4. The van der Waals surface area contributed by atoms with Crippen molar-refractivity contribution in [2.24, 2.45) is 4.99 Å². The Kier molecular flexibility index (Phi) is 6.32. The topological polar surface area (TPSA) is 51.1 Å². The van der Waals surface area contributed by atoms with E-state index in [1.54, 1.807) is 6.08 Å². The smallest absolute Gasteiger partial charge is 0.330 e. The van der Waals surface area contributed by atoms with Crippen LogP contribution in [0.1, 0.15) is 18.9 Å². The lowest BCUT2D eigenvalue weighted by atomic mass is 10.1. The molecular formula is C19H24N2O3. The average Bonchev–Trinajstić information content (AvgIpc) is 2.61. The normalized spacial score (nSPS) is 19.8. The first-order valence-corrected chi connectivity index (χ1v) is 7.94. The van der Waals surface area contributed by atoms with Crippen molar-refractivity contribution < 1.29 is 14.3 Å². The van der Waals surface area contributed by atoms with Crippen molar-refractivity contribution in [3.8, 4) is 5.75 Å². The maximum absolute atomic E-state index is 11.1. The van der Waals surface area contributed by atoms with Gasteiger partial charge in [-0.05, 0) is 43.8 Å². The number of carbonyl (C=O) groups is 1. The van der Waals surface area contributed by atoms with Crippen LogP contribution in [0.2, 0.25) is 0 Å². The molecule has 2 rings (SSSR count). The van der Waals surface area contributed by atoms with Gasteiger partial charge in [0.1, 0.15) is 18.0 Å². The van der Waals surface area contributed by atoms with Gasteiger partial charge in [-0.15, -0.1) is 0 Å². The quantitative estimate of drug-likeness (QED) is 0.570. The number of esters is 1. The molecule has 0 amide bonds. The summed E-state index contributed by atoms with van der Waals surface area (Å²) in [5.41, 5.74) is 0.724. The highest BCUT2D eigenvalue weighted by Crippen LogP contribution is 2.22. The third-order valence-electron chi connectivity index (χ3n) is 4.09. The second kappa shape index (κ2) is 8.45. The van der Waals surface area contributed by atoms with Crippen LogP contribution in [0.3, 0.4) is 0 Å². The van der Waals surface area contributed by atoms with Gasteiger partial charge in [0, 0.05) is 25.3 Å². The number of hydrogen-bond donors (Lipinski definition) is 0. The summed E-state index contributed by atoms with van der Waals surface area (Å²) in [6.45, 7) is 3.49. The molecule has 0 aliphatic carbocycles. The number of ether oxygens (including phenoxy) is 2. The van der Waals surface area contributed by atoms with Crippen LogP contribution in [0.5, 0.6) is 5.75 Å². The Bertz CT molecular complexity index is 635. The van der Waals surface area contributed by atoms with Crippen LogP contribution in [-0.4, -0.2) is 50.1 Å². The van der Waals surface area contributed by atoms with Gasteiger partial charge in [0.05, 0.1) is 7.11 Å². The Balaban J connectivity index is 1.80. The van der Waals surface area contributed by atoms with Crippen LogP contribution in [0, 0.1) is 0 Å². The number of rotatable bonds is 7. The van der Waals surface area contributed by atoms with Crippen LogP contribution in [0.4, 0.5) is 0 Å². The second-order valence-electron chi connectivity index (χ2n) is 5.82. The molecule has 1 aliphatic rings. The van der Waals surface area contributed by atoms with E-state index in [1.165, 1.54) is 13.2 Å². The Morgan fingerprint density at radius 1 is 1.38 bits per heavy atom. The van der Waals surface area contributed by atoms with Gasteiger partial charge < -0.3 is 9.47 Å². The number of carbonyl (C=O) groups excluding carboxylic acids is 1. The summed E-state index contributed by atoms with van der Waals surface area (Å²) in [5.74, 6) is 0.433. The van der Waals surface area contributed by atoms with E-state index < -0.39 is 0 Å². The molecule has 0 fully saturated rings. The molecule has 1 unspecified atom stereocenters. The zero-order chi connectivity index (χ0) is 17.4. The SMILES string of the molecule is COC(=O)/C=C/c1ccc(OCCN(C)C2(C)CC=CC=N2)cc1. The first kappa shape index (κ1) is 17.9. The molecular weight excluding hydrogens is 304 g/mol. The van der Waals surface area contributed by atoms with Crippen molar-refractivity contribution in [2.75, 3.05) is 27.3 Å². The van der Waals surface area contributed by atoms with E-state index in [0.29, 0.717) is 6.61 Å². The molecule has 1 heterocycles. The second-order valence-corrected chi connectivity index (χ2v) is 5.82. The Morgan fingerprint density at radius 2 is 2.12 bits per heavy atom. The number of aliphatic imine (C=N–C) groups is 1. The molecule has 0 aromatic heterocycles. The predicted molar refractivity (Wildman–Crippen MR) is 96.3 cm³/mol. The number of likely N-dealkylation sites (N-methyl/N-ethyl adjacent to an activating group) is 1. The fourth-order valence-corrected chi connectivity index (χ4v) is 2.31. The van der Waals surface area contributed by atoms with Crippen LogP contribution < -0.4 is 4.74 Å². The Morgan fingerprint density at radius 3 is 2.75 bits per heavy atom. The molecule has 5 nitrogen and oxygen atoms in total. The summed E-state index contributed by atoms with van der Waals surface area (Å²) in [4.78, 5) is 17.8. The maximum atomic E-state index is 11.1. The summed E-state index contributed by atoms with van der Waals surface area (Å²) in [6.07, 6.45) is 9.96. The van der Waals surface area contributed by atoms with E-state index in [2.05, 4.69) is 34.7 Å². The number of methoxy groups -OCH3 is 1. The standard InChI is InChI=1S/C19H24N2O3/c1-19(12-4-5-13-20-19)21(2)14-15-24-17-9-6-16(7-10-17)8-11-18(22)23-3/h4-11,13H,12,14-15H2,1-3H3/b11-8+. The van der Waals surface area contributed by atoms with E-state index in [0.717, 1.165) is 24.3 Å². The van der Waals surface area contributed by atoms with E-state index in [-0.39, 0.29) is 11.6 Å². The van der Waals surface area contributed by atoms with E-state index in [4.69, 9.17) is 4.74 Å². The lowest BCUT2D eigenvalue weighted by molar-refractivity contribution is -0.134. The van der Waals surface area contributed by atoms with Crippen LogP contribution >= 0.6 is 0 Å². The van der Waals surface area contributed by atoms with Crippen molar-refractivity contribution in [1.82, 2.24) is 4.90 Å². The number of dihydropyridines is 1. The largest absolute Gasteiger partial charge is 0.492 e. The van der Waals surface area contributed by atoms with Crippen molar-refractivity contribution in [3.63, 3.8) is 0 Å². The molecule has 0 bridgehead atoms. The molecule has 0 radical (unpaired) electrons. The highest BCUT2D eigenvalue weighted by molar-refractivity contribution is 5.86. The van der Waals surface area contributed by atoms with Crippen LogP contribution in [0.15, 0.2) is 47.5 Å². The summed E-state index contributed by atoms with van der Waals surface area (Å²) in [7, 11) is 3.41. The lowest BCUT2D eigenvalue weighted by Crippen LogP contribution is -2.44. The molecule has 1 atom stereocenters. The molecule has 24 heavy (non-hydrogen) atoms. The summed E-state index contributed by atoms with van der Waals surface area (Å²) in [5, 5.41) is 0. The molecule has 0 saturated carbocycles. The zero-order valence-corrected chi connectivity index (χ0v) is 14.4. The highest BCUT2D eigenvalue weighted by atomic mass is 16.5. The van der Waals surface area contributed by atoms with E-state index in [9.17, 15) is 4.79 Å². The fraction of sp³-hybridized carbons (Fsp3) is 0.368. The minimum absolute atomic E-state index is 0.194. The molecule has 0 saturated heterocycles. The van der Waals surface area contributed by atoms with Crippen molar-refractivity contribution in [3.05, 3.63) is 48.1 Å². The third-order valence-corrected chi connectivity index (χ3v) is 4.09. The first-order chi connectivity index (χ1) is 11.5. The number of benzene rings is 1. The number of allylic oxidation sites excluding steroid dienone is 1.